The Labute approximate surface area is 95.3 Å². The zero-order valence-corrected chi connectivity index (χ0v) is 8.78. The summed E-state index contributed by atoms with van der Waals surface area (Å²) in [4.78, 5) is 14.0. The molecule has 1 aromatic heterocycles. The van der Waals surface area contributed by atoms with Gasteiger partial charge in [0.2, 0.25) is 5.88 Å². The van der Waals surface area contributed by atoms with Gasteiger partial charge >= 0.3 is 5.97 Å². The van der Waals surface area contributed by atoms with Crippen molar-refractivity contribution in [1.29, 1.82) is 5.26 Å². The molecule has 5 nitrogen and oxygen atoms in total. The van der Waals surface area contributed by atoms with Crippen LogP contribution in [-0.2, 0) is 11.2 Å². The summed E-state index contributed by atoms with van der Waals surface area (Å²) in [6.45, 7) is 0. The summed E-state index contributed by atoms with van der Waals surface area (Å²) >= 11 is 0. The van der Waals surface area contributed by atoms with Gasteiger partial charge in [-0.3, -0.25) is 4.79 Å². The molecule has 0 aliphatic heterocycles. The Morgan fingerprint density at radius 1 is 1.71 bits per heavy atom. The summed E-state index contributed by atoms with van der Waals surface area (Å²) in [5, 5.41) is 17.4. The lowest BCUT2D eigenvalue weighted by Gasteiger charge is -2.09. The summed E-state index contributed by atoms with van der Waals surface area (Å²) in [5.41, 5.74) is -0.797. The average molecular weight is 242 g/mol. The first-order chi connectivity index (χ1) is 7.99. The Kier molecular flexibility index (Phi) is 3.93. The molecule has 1 N–H and O–H groups in total. The molecule has 0 aliphatic rings. The molecule has 0 atom stereocenters. The number of rotatable bonds is 4. The molecular formula is C10H8F2N2O3. The van der Waals surface area contributed by atoms with E-state index < -0.39 is 24.5 Å². The lowest BCUT2D eigenvalue weighted by atomic mass is 10.1. The van der Waals surface area contributed by atoms with Crippen LogP contribution in [-0.4, -0.2) is 23.2 Å². The molecule has 90 valence electrons. The first-order valence-electron chi connectivity index (χ1n) is 4.47. The van der Waals surface area contributed by atoms with Crippen LogP contribution in [0.3, 0.4) is 0 Å². The second kappa shape index (κ2) is 5.21. The van der Waals surface area contributed by atoms with Gasteiger partial charge < -0.3 is 9.84 Å². The summed E-state index contributed by atoms with van der Waals surface area (Å²) in [6, 6.07) is 2.52. The lowest BCUT2D eigenvalue weighted by Crippen LogP contribution is -2.08. The molecule has 0 saturated heterocycles. The van der Waals surface area contributed by atoms with Gasteiger partial charge in [-0.2, -0.15) is 5.26 Å². The van der Waals surface area contributed by atoms with Crippen molar-refractivity contribution in [3.8, 4) is 11.9 Å². The van der Waals surface area contributed by atoms with Gasteiger partial charge in [0.1, 0.15) is 5.69 Å². The van der Waals surface area contributed by atoms with Crippen LogP contribution < -0.4 is 4.74 Å². The maximum Gasteiger partial charge on any atom is 0.308 e. The number of aliphatic carboxylic acids is 1. The van der Waals surface area contributed by atoms with Crippen molar-refractivity contribution in [2.75, 3.05) is 7.11 Å². The molecule has 0 fully saturated rings. The molecule has 0 aliphatic carbocycles. The number of alkyl halides is 2. The van der Waals surface area contributed by atoms with Crippen molar-refractivity contribution < 1.29 is 23.4 Å². The average Bonchev–Trinajstić information content (AvgIpc) is 2.28. The van der Waals surface area contributed by atoms with Gasteiger partial charge in [-0.15, -0.1) is 0 Å². The van der Waals surface area contributed by atoms with Crippen molar-refractivity contribution in [3.05, 3.63) is 22.9 Å². The summed E-state index contributed by atoms with van der Waals surface area (Å²) in [7, 11) is 1.17. The number of hydrogen-bond donors (Lipinski definition) is 1. The highest BCUT2D eigenvalue weighted by Gasteiger charge is 2.19. The monoisotopic (exact) mass is 242 g/mol. The predicted molar refractivity (Wildman–Crippen MR) is 51.8 cm³/mol. The maximum absolute atomic E-state index is 12.5. The highest BCUT2D eigenvalue weighted by atomic mass is 19.3. The number of carboxylic acids is 1. The number of halogens is 2. The molecular weight excluding hydrogens is 234 g/mol. The topological polar surface area (TPSA) is 83.2 Å². The van der Waals surface area contributed by atoms with E-state index in [4.69, 9.17) is 15.1 Å². The molecule has 0 amide bonds. The van der Waals surface area contributed by atoms with Crippen LogP contribution in [0.5, 0.6) is 5.88 Å². The smallest absolute Gasteiger partial charge is 0.308 e. The first-order valence-corrected chi connectivity index (χ1v) is 4.47. The molecule has 0 saturated carbocycles. The van der Waals surface area contributed by atoms with Crippen molar-refractivity contribution in [1.82, 2.24) is 4.98 Å². The van der Waals surface area contributed by atoms with Crippen LogP contribution in [0, 0.1) is 11.3 Å². The highest BCUT2D eigenvalue weighted by Crippen LogP contribution is 2.26. The zero-order valence-electron chi connectivity index (χ0n) is 8.78. The number of nitrogens with zero attached hydrogens (tertiary/aromatic N) is 2. The standard InChI is InChI=1S/C10H8F2N2O3/c1-17-10-6(3-8(15)16)5(4-13)2-7(14-10)9(11)12/h2,9H,3H2,1H3,(H,15,16). The molecule has 17 heavy (non-hydrogen) atoms. The maximum atomic E-state index is 12.5. The van der Waals surface area contributed by atoms with Gasteiger partial charge in [-0.1, -0.05) is 0 Å². The van der Waals surface area contributed by atoms with Gasteiger partial charge in [0.05, 0.1) is 25.2 Å². The van der Waals surface area contributed by atoms with E-state index >= 15 is 0 Å². The number of nitriles is 1. The van der Waals surface area contributed by atoms with E-state index in [2.05, 4.69) is 4.98 Å². The number of aromatic nitrogens is 1. The third-order valence-corrected chi connectivity index (χ3v) is 1.97. The van der Waals surface area contributed by atoms with E-state index in [9.17, 15) is 13.6 Å². The van der Waals surface area contributed by atoms with Crippen molar-refractivity contribution in [3.63, 3.8) is 0 Å². The molecule has 7 heteroatoms. The van der Waals surface area contributed by atoms with Crippen molar-refractivity contribution >= 4 is 5.97 Å². The number of pyridine rings is 1. The molecule has 0 bridgehead atoms. The SMILES string of the molecule is COc1nc(C(F)F)cc(C#N)c1CC(=O)O. The third kappa shape index (κ3) is 2.87. The second-order valence-corrected chi connectivity index (χ2v) is 3.07. The van der Waals surface area contributed by atoms with Crippen molar-refractivity contribution in [2.45, 2.75) is 12.8 Å². The van der Waals surface area contributed by atoms with Crippen LogP contribution in [0.25, 0.3) is 0 Å². The minimum absolute atomic E-state index is 0.00750. The number of carbonyl (C=O) groups is 1. The molecule has 1 aromatic rings. The van der Waals surface area contributed by atoms with E-state index in [1.54, 1.807) is 6.07 Å². The molecule has 1 rings (SSSR count). The predicted octanol–water partition coefficient (Wildman–Crippen LogP) is 1.53. The second-order valence-electron chi connectivity index (χ2n) is 3.07. The van der Waals surface area contributed by atoms with Gasteiger partial charge in [-0.05, 0) is 6.07 Å². The minimum Gasteiger partial charge on any atom is -0.481 e. The van der Waals surface area contributed by atoms with Gasteiger partial charge in [0.25, 0.3) is 6.43 Å². The third-order valence-electron chi connectivity index (χ3n) is 1.97. The fourth-order valence-electron chi connectivity index (χ4n) is 1.27. The fourth-order valence-corrected chi connectivity index (χ4v) is 1.27. The Morgan fingerprint density at radius 2 is 2.35 bits per heavy atom. The Morgan fingerprint density at radius 3 is 2.76 bits per heavy atom. The number of carboxylic acid groups (broad SMARTS) is 1. The molecule has 1 heterocycles. The van der Waals surface area contributed by atoms with Gasteiger partial charge in [0.15, 0.2) is 0 Å². The van der Waals surface area contributed by atoms with E-state index in [1.165, 1.54) is 7.11 Å². The Hall–Kier alpha value is -2.23. The highest BCUT2D eigenvalue weighted by molar-refractivity contribution is 5.72. The van der Waals surface area contributed by atoms with Crippen LogP contribution >= 0.6 is 0 Å². The Bertz CT molecular complexity index is 483. The van der Waals surface area contributed by atoms with E-state index in [0.717, 1.165) is 6.07 Å². The van der Waals surface area contributed by atoms with E-state index in [0.29, 0.717) is 0 Å². The summed E-state index contributed by atoms with van der Waals surface area (Å²) in [6.07, 6.45) is -3.36. The van der Waals surface area contributed by atoms with Crippen LogP contribution in [0.4, 0.5) is 8.78 Å². The quantitative estimate of drug-likeness (QED) is 0.865. The van der Waals surface area contributed by atoms with Crippen LogP contribution in [0.15, 0.2) is 6.07 Å². The minimum atomic E-state index is -2.85. The van der Waals surface area contributed by atoms with E-state index in [-0.39, 0.29) is 17.0 Å². The molecule has 0 unspecified atom stereocenters. The van der Waals surface area contributed by atoms with Crippen LogP contribution in [0.2, 0.25) is 0 Å². The van der Waals surface area contributed by atoms with Crippen molar-refractivity contribution in [2.24, 2.45) is 0 Å². The molecule has 0 radical (unpaired) electrons. The summed E-state index contributed by atoms with van der Waals surface area (Å²) < 4.78 is 29.6. The fraction of sp³-hybridized carbons (Fsp3) is 0.300. The van der Waals surface area contributed by atoms with Gasteiger partial charge in [-0.25, -0.2) is 13.8 Å². The number of hydrogen-bond acceptors (Lipinski definition) is 4. The first kappa shape index (κ1) is 12.8. The normalized spacial score (nSPS) is 10.1. The molecule has 0 aromatic carbocycles. The Balaban J connectivity index is 3.37. The van der Waals surface area contributed by atoms with Gasteiger partial charge in [0, 0.05) is 5.56 Å². The summed E-state index contributed by atoms with van der Waals surface area (Å²) in [5.74, 6) is -1.46. The molecule has 0 spiro atoms. The van der Waals surface area contributed by atoms with E-state index in [1.807, 2.05) is 0 Å². The van der Waals surface area contributed by atoms with Crippen LogP contribution in [0.1, 0.15) is 23.2 Å². The number of ether oxygens (including phenoxy) is 1. The largest absolute Gasteiger partial charge is 0.481 e. The lowest BCUT2D eigenvalue weighted by molar-refractivity contribution is -0.136. The zero-order chi connectivity index (χ0) is 13.0. The number of methoxy groups -OCH3 is 1.